The fourth-order valence-electron chi connectivity index (χ4n) is 3.21. The molecule has 3 rings (SSSR count). The Morgan fingerprint density at radius 3 is 2.31 bits per heavy atom. The monoisotopic (exact) mass is 395 g/mol. The zero-order valence-electron chi connectivity index (χ0n) is 14.9. The van der Waals surface area contributed by atoms with Gasteiger partial charge in [0.2, 0.25) is 5.91 Å². The van der Waals surface area contributed by atoms with Gasteiger partial charge >= 0.3 is 0 Å². The van der Waals surface area contributed by atoms with Gasteiger partial charge in [-0.1, -0.05) is 48.5 Å². The lowest BCUT2D eigenvalue weighted by Crippen LogP contribution is -2.50. The topological polar surface area (TPSA) is 58.4 Å². The summed E-state index contributed by atoms with van der Waals surface area (Å²) in [5.41, 5.74) is 7.34. The van der Waals surface area contributed by atoms with E-state index in [1.807, 2.05) is 36.4 Å². The third kappa shape index (κ3) is 5.13. The van der Waals surface area contributed by atoms with E-state index in [0.29, 0.717) is 12.5 Å². The molecule has 0 bridgehead atoms. The second-order valence-electron chi connectivity index (χ2n) is 6.71. The average Bonchev–Trinajstić information content (AvgIpc) is 3.10. The van der Waals surface area contributed by atoms with Crippen LogP contribution in [0, 0.1) is 5.92 Å². The lowest BCUT2D eigenvalue weighted by molar-refractivity contribution is -0.126. The van der Waals surface area contributed by atoms with Crippen LogP contribution in [0.25, 0.3) is 0 Å². The number of benzene rings is 2. The molecular formula is C20H27Cl2N3O. The van der Waals surface area contributed by atoms with Crippen LogP contribution < -0.4 is 16.0 Å². The highest BCUT2D eigenvalue weighted by molar-refractivity contribution is 5.87. The van der Waals surface area contributed by atoms with Crippen molar-refractivity contribution in [2.75, 3.05) is 24.5 Å². The Balaban J connectivity index is 0.00000169. The standard InChI is InChI=1S/C20H25N3O.2ClH/c1-20(21,17-8-4-2-5-9-17)19(24)22-14-16-12-13-23(15-16)18-10-6-3-7-11-18;;/h2-11,16H,12-15,21H2,1H3,(H,22,24);2*1H. The summed E-state index contributed by atoms with van der Waals surface area (Å²) in [6.07, 6.45) is 1.09. The molecule has 1 aliphatic rings. The summed E-state index contributed by atoms with van der Waals surface area (Å²) in [4.78, 5) is 14.9. The maximum Gasteiger partial charge on any atom is 0.244 e. The molecule has 1 heterocycles. The summed E-state index contributed by atoms with van der Waals surface area (Å²) >= 11 is 0. The minimum absolute atomic E-state index is 0. The molecular weight excluding hydrogens is 369 g/mol. The van der Waals surface area contributed by atoms with Gasteiger partial charge < -0.3 is 16.0 Å². The van der Waals surface area contributed by atoms with E-state index in [2.05, 4.69) is 34.5 Å². The van der Waals surface area contributed by atoms with E-state index in [9.17, 15) is 4.79 Å². The number of hydrogen-bond acceptors (Lipinski definition) is 3. The van der Waals surface area contributed by atoms with Crippen molar-refractivity contribution < 1.29 is 4.79 Å². The Bertz CT molecular complexity index is 680. The number of para-hydroxylation sites is 1. The summed E-state index contributed by atoms with van der Waals surface area (Å²) < 4.78 is 0. The number of rotatable bonds is 5. The van der Waals surface area contributed by atoms with Gasteiger partial charge in [0.25, 0.3) is 0 Å². The Hall–Kier alpha value is -1.75. The highest BCUT2D eigenvalue weighted by Crippen LogP contribution is 2.23. The van der Waals surface area contributed by atoms with E-state index in [4.69, 9.17) is 5.73 Å². The van der Waals surface area contributed by atoms with E-state index < -0.39 is 5.54 Å². The van der Waals surface area contributed by atoms with Crippen molar-refractivity contribution >= 4 is 36.4 Å². The zero-order valence-corrected chi connectivity index (χ0v) is 16.6. The largest absolute Gasteiger partial charge is 0.371 e. The lowest BCUT2D eigenvalue weighted by atomic mass is 9.92. The number of amides is 1. The van der Waals surface area contributed by atoms with Crippen LogP contribution in [0.3, 0.4) is 0 Å². The van der Waals surface area contributed by atoms with Gasteiger partial charge in [0.15, 0.2) is 0 Å². The van der Waals surface area contributed by atoms with Gasteiger partial charge in [-0.3, -0.25) is 4.79 Å². The van der Waals surface area contributed by atoms with Gasteiger partial charge in [-0.05, 0) is 37.0 Å². The van der Waals surface area contributed by atoms with Gasteiger partial charge in [0, 0.05) is 25.3 Å². The van der Waals surface area contributed by atoms with Crippen LogP contribution in [0.5, 0.6) is 0 Å². The van der Waals surface area contributed by atoms with Gasteiger partial charge in [0.05, 0.1) is 0 Å². The van der Waals surface area contributed by atoms with Gasteiger partial charge in [-0.25, -0.2) is 0 Å². The number of carbonyl (C=O) groups is 1. The fourth-order valence-corrected chi connectivity index (χ4v) is 3.21. The molecule has 2 aromatic carbocycles. The molecule has 2 atom stereocenters. The molecule has 2 unspecified atom stereocenters. The number of hydrogen-bond donors (Lipinski definition) is 2. The molecule has 1 aliphatic heterocycles. The Kier molecular flexibility index (Phi) is 8.41. The Morgan fingerprint density at radius 2 is 1.69 bits per heavy atom. The lowest BCUT2D eigenvalue weighted by Gasteiger charge is -2.25. The predicted molar refractivity (Wildman–Crippen MR) is 112 cm³/mol. The number of halogens is 2. The smallest absolute Gasteiger partial charge is 0.244 e. The molecule has 6 heteroatoms. The summed E-state index contributed by atoms with van der Waals surface area (Å²) in [5.74, 6) is 0.340. The molecule has 4 nitrogen and oxygen atoms in total. The molecule has 3 N–H and O–H groups in total. The van der Waals surface area contributed by atoms with Crippen LogP contribution in [-0.2, 0) is 10.3 Å². The molecule has 0 aliphatic carbocycles. The van der Waals surface area contributed by atoms with Crippen LogP contribution >= 0.6 is 24.8 Å². The van der Waals surface area contributed by atoms with E-state index in [0.717, 1.165) is 25.1 Å². The highest BCUT2D eigenvalue weighted by Gasteiger charge is 2.31. The first-order valence-electron chi connectivity index (χ1n) is 8.50. The van der Waals surface area contributed by atoms with Gasteiger partial charge in [0.1, 0.15) is 5.54 Å². The number of anilines is 1. The van der Waals surface area contributed by atoms with Crippen LogP contribution in [-0.4, -0.2) is 25.5 Å². The fraction of sp³-hybridized carbons (Fsp3) is 0.350. The average molecular weight is 396 g/mol. The molecule has 26 heavy (non-hydrogen) atoms. The molecule has 0 spiro atoms. The highest BCUT2D eigenvalue weighted by atomic mass is 35.5. The van der Waals surface area contributed by atoms with Crippen molar-refractivity contribution in [2.24, 2.45) is 11.7 Å². The predicted octanol–water partition coefficient (Wildman–Crippen LogP) is 3.35. The quantitative estimate of drug-likeness (QED) is 0.815. The van der Waals surface area contributed by atoms with Gasteiger partial charge in [-0.2, -0.15) is 0 Å². The zero-order chi connectivity index (χ0) is 17.0. The first-order chi connectivity index (χ1) is 11.6. The molecule has 0 saturated carbocycles. The van der Waals surface area contributed by atoms with Crippen molar-refractivity contribution in [1.29, 1.82) is 0 Å². The normalized spacial score (nSPS) is 18.2. The van der Waals surface area contributed by atoms with Crippen molar-refractivity contribution in [3.8, 4) is 0 Å². The number of nitrogens with zero attached hydrogens (tertiary/aromatic N) is 1. The number of carbonyl (C=O) groups excluding carboxylic acids is 1. The summed E-state index contributed by atoms with van der Waals surface area (Å²) in [6.45, 7) is 4.43. The SMILES string of the molecule is CC(N)(C(=O)NCC1CCN(c2ccccc2)C1)c1ccccc1.Cl.Cl. The second-order valence-corrected chi connectivity index (χ2v) is 6.71. The van der Waals surface area contributed by atoms with Crippen molar-refractivity contribution in [3.63, 3.8) is 0 Å². The van der Waals surface area contributed by atoms with E-state index >= 15 is 0 Å². The van der Waals surface area contributed by atoms with Crippen molar-refractivity contribution in [1.82, 2.24) is 5.32 Å². The van der Waals surface area contributed by atoms with Crippen LogP contribution in [0.2, 0.25) is 0 Å². The van der Waals surface area contributed by atoms with E-state index in [-0.39, 0.29) is 30.7 Å². The Morgan fingerprint density at radius 1 is 1.12 bits per heavy atom. The summed E-state index contributed by atoms with van der Waals surface area (Å²) in [5, 5.41) is 3.04. The first-order valence-corrected chi connectivity index (χ1v) is 8.50. The van der Waals surface area contributed by atoms with Crippen molar-refractivity contribution in [2.45, 2.75) is 18.9 Å². The summed E-state index contributed by atoms with van der Waals surface area (Å²) in [6, 6.07) is 19.9. The maximum absolute atomic E-state index is 12.5. The number of nitrogens with two attached hydrogens (primary N) is 1. The van der Waals surface area contributed by atoms with Crippen LogP contribution in [0.1, 0.15) is 18.9 Å². The van der Waals surface area contributed by atoms with E-state index in [1.165, 1.54) is 5.69 Å². The third-order valence-electron chi connectivity index (χ3n) is 4.80. The minimum atomic E-state index is -1.00. The maximum atomic E-state index is 12.5. The van der Waals surface area contributed by atoms with Gasteiger partial charge in [-0.15, -0.1) is 24.8 Å². The third-order valence-corrected chi connectivity index (χ3v) is 4.80. The molecule has 1 fully saturated rings. The van der Waals surface area contributed by atoms with Crippen LogP contribution in [0.15, 0.2) is 60.7 Å². The second kappa shape index (κ2) is 9.81. The van der Waals surface area contributed by atoms with Crippen molar-refractivity contribution in [3.05, 3.63) is 66.2 Å². The minimum Gasteiger partial charge on any atom is -0.371 e. The first kappa shape index (κ1) is 22.3. The van der Waals surface area contributed by atoms with Crippen LogP contribution in [0.4, 0.5) is 5.69 Å². The molecule has 1 saturated heterocycles. The summed E-state index contributed by atoms with van der Waals surface area (Å²) in [7, 11) is 0. The molecule has 0 aromatic heterocycles. The van der Waals surface area contributed by atoms with E-state index in [1.54, 1.807) is 6.92 Å². The number of nitrogens with one attached hydrogen (secondary N) is 1. The molecule has 1 amide bonds. The Labute approximate surface area is 168 Å². The molecule has 2 aromatic rings. The molecule has 0 radical (unpaired) electrons. The molecule has 142 valence electrons.